The number of benzene rings is 1. The fraction of sp³-hybridized carbons (Fsp3) is 0.375. The van der Waals surface area contributed by atoms with Gasteiger partial charge in [-0.05, 0) is 26.0 Å². The Morgan fingerprint density at radius 1 is 1.41 bits per heavy atom. The third kappa shape index (κ3) is 2.77. The van der Waals surface area contributed by atoms with Crippen LogP contribution in [0.3, 0.4) is 0 Å². The van der Waals surface area contributed by atoms with Gasteiger partial charge >= 0.3 is 0 Å². The second-order valence-corrected chi connectivity index (χ2v) is 5.67. The van der Waals surface area contributed by atoms with Crippen molar-refractivity contribution in [3.05, 3.63) is 41.7 Å². The molecular weight excluding hydrogens is 282 g/mol. The van der Waals surface area contributed by atoms with E-state index in [1.165, 1.54) is 0 Å². The van der Waals surface area contributed by atoms with Gasteiger partial charge in [-0.2, -0.15) is 5.10 Å². The number of ether oxygens (including phenoxy) is 1. The van der Waals surface area contributed by atoms with Crippen LogP contribution in [0.25, 0.3) is 0 Å². The summed E-state index contributed by atoms with van der Waals surface area (Å²) in [6.45, 7) is 5.40. The number of aromatic hydroxyl groups is 1. The highest BCUT2D eigenvalue weighted by Gasteiger charge is 2.22. The van der Waals surface area contributed by atoms with Crippen molar-refractivity contribution in [2.45, 2.75) is 26.4 Å². The van der Waals surface area contributed by atoms with Crippen molar-refractivity contribution >= 4 is 5.91 Å². The minimum absolute atomic E-state index is 0.0589. The van der Waals surface area contributed by atoms with Crippen molar-refractivity contribution in [1.29, 1.82) is 0 Å². The van der Waals surface area contributed by atoms with Gasteiger partial charge in [-0.15, -0.1) is 0 Å². The van der Waals surface area contributed by atoms with Crippen LogP contribution in [0, 0.1) is 0 Å². The van der Waals surface area contributed by atoms with Crippen LogP contribution in [-0.4, -0.2) is 38.8 Å². The van der Waals surface area contributed by atoms with Crippen molar-refractivity contribution in [3.63, 3.8) is 0 Å². The monoisotopic (exact) mass is 301 g/mol. The Bertz CT molecular complexity index is 694. The fourth-order valence-electron chi connectivity index (χ4n) is 2.45. The highest BCUT2D eigenvalue weighted by Crippen LogP contribution is 2.27. The molecule has 0 atom stereocenters. The van der Waals surface area contributed by atoms with E-state index in [-0.39, 0.29) is 17.7 Å². The van der Waals surface area contributed by atoms with E-state index in [0.29, 0.717) is 31.0 Å². The largest absolute Gasteiger partial charge is 0.508 e. The normalized spacial score (nSPS) is 14.4. The Hall–Kier alpha value is -2.50. The summed E-state index contributed by atoms with van der Waals surface area (Å²) < 4.78 is 7.39. The van der Waals surface area contributed by atoms with Gasteiger partial charge in [0, 0.05) is 30.4 Å². The quantitative estimate of drug-likeness (QED) is 0.923. The highest BCUT2D eigenvalue weighted by atomic mass is 16.5. The van der Waals surface area contributed by atoms with Gasteiger partial charge in [0.2, 0.25) is 0 Å². The number of amides is 1. The van der Waals surface area contributed by atoms with Crippen LogP contribution in [0.4, 0.5) is 0 Å². The molecule has 0 unspecified atom stereocenters. The van der Waals surface area contributed by atoms with Crippen molar-refractivity contribution in [2.75, 3.05) is 13.2 Å². The van der Waals surface area contributed by atoms with Gasteiger partial charge < -0.3 is 14.7 Å². The third-order valence-electron chi connectivity index (χ3n) is 3.70. The molecule has 0 fully saturated rings. The number of phenols is 1. The minimum Gasteiger partial charge on any atom is -0.508 e. The molecule has 0 spiro atoms. The fourth-order valence-corrected chi connectivity index (χ4v) is 2.45. The molecule has 2 aromatic rings. The highest BCUT2D eigenvalue weighted by molar-refractivity contribution is 5.93. The van der Waals surface area contributed by atoms with Crippen molar-refractivity contribution in [2.24, 2.45) is 0 Å². The summed E-state index contributed by atoms with van der Waals surface area (Å²) >= 11 is 0. The van der Waals surface area contributed by atoms with Crippen LogP contribution in [0.2, 0.25) is 0 Å². The average molecular weight is 301 g/mol. The van der Waals surface area contributed by atoms with Crippen molar-refractivity contribution in [1.82, 2.24) is 14.7 Å². The van der Waals surface area contributed by atoms with Crippen LogP contribution in [-0.2, 0) is 6.54 Å². The van der Waals surface area contributed by atoms with Crippen molar-refractivity contribution < 1.29 is 14.6 Å². The molecule has 0 bridgehead atoms. The lowest BCUT2D eigenvalue weighted by Gasteiger charge is -2.19. The van der Waals surface area contributed by atoms with Crippen LogP contribution in [0.15, 0.2) is 30.6 Å². The smallest absolute Gasteiger partial charge is 0.257 e. The van der Waals surface area contributed by atoms with Crippen LogP contribution >= 0.6 is 0 Å². The number of carbonyl (C=O) groups is 1. The average Bonchev–Trinajstić information content (AvgIpc) is 2.89. The molecule has 0 saturated heterocycles. The Balaban J connectivity index is 1.82. The molecule has 1 N–H and O–H groups in total. The summed E-state index contributed by atoms with van der Waals surface area (Å²) in [6, 6.07) is 5.19. The van der Waals surface area contributed by atoms with E-state index in [0.717, 1.165) is 5.56 Å². The van der Waals surface area contributed by atoms with Gasteiger partial charge in [-0.1, -0.05) is 0 Å². The molecule has 0 radical (unpaired) electrons. The summed E-state index contributed by atoms with van der Waals surface area (Å²) in [5, 5.41) is 13.7. The molecule has 6 nitrogen and oxygen atoms in total. The second kappa shape index (κ2) is 5.71. The summed E-state index contributed by atoms with van der Waals surface area (Å²) in [7, 11) is 0. The maximum atomic E-state index is 12.6. The zero-order valence-corrected chi connectivity index (χ0v) is 12.7. The first-order valence-corrected chi connectivity index (χ1v) is 7.32. The molecule has 22 heavy (non-hydrogen) atoms. The van der Waals surface area contributed by atoms with Gasteiger partial charge in [0.25, 0.3) is 5.91 Å². The number of aromatic nitrogens is 2. The van der Waals surface area contributed by atoms with Gasteiger partial charge in [-0.25, -0.2) is 0 Å². The van der Waals surface area contributed by atoms with Crippen LogP contribution in [0.5, 0.6) is 11.5 Å². The minimum atomic E-state index is -0.0589. The summed E-state index contributed by atoms with van der Waals surface area (Å²) in [6.07, 6.45) is 3.38. The molecule has 0 saturated carbocycles. The van der Waals surface area contributed by atoms with Gasteiger partial charge in [0.15, 0.2) is 0 Å². The van der Waals surface area contributed by atoms with Crippen LogP contribution in [0.1, 0.15) is 35.8 Å². The second-order valence-electron chi connectivity index (χ2n) is 5.67. The summed E-state index contributed by atoms with van der Waals surface area (Å²) in [4.78, 5) is 14.4. The standard InChI is InChI=1S/C16H19N3O3/c1-11(2)19-10-13(8-17-19)16(21)18-5-6-22-15-7-14(20)4-3-12(15)9-18/h3-4,7-8,10-11,20H,5-6,9H2,1-2H3. The lowest BCUT2D eigenvalue weighted by atomic mass is 10.1. The SMILES string of the molecule is CC(C)n1cc(C(=O)N2CCOc3cc(O)ccc3C2)cn1. The Morgan fingerprint density at radius 3 is 2.95 bits per heavy atom. The molecular formula is C16H19N3O3. The van der Waals surface area contributed by atoms with E-state index in [1.807, 2.05) is 13.8 Å². The van der Waals surface area contributed by atoms with Gasteiger partial charge in [0.05, 0.1) is 18.3 Å². The molecule has 116 valence electrons. The zero-order chi connectivity index (χ0) is 15.7. The maximum Gasteiger partial charge on any atom is 0.257 e. The van der Waals surface area contributed by atoms with E-state index in [2.05, 4.69) is 5.10 Å². The number of hydrogen-bond acceptors (Lipinski definition) is 4. The molecule has 1 aliphatic rings. The first-order valence-electron chi connectivity index (χ1n) is 7.32. The summed E-state index contributed by atoms with van der Waals surface area (Å²) in [5.41, 5.74) is 1.47. The topological polar surface area (TPSA) is 67.6 Å². The van der Waals surface area contributed by atoms with E-state index in [4.69, 9.17) is 4.74 Å². The Morgan fingerprint density at radius 2 is 2.23 bits per heavy atom. The van der Waals surface area contributed by atoms with E-state index < -0.39 is 0 Å². The van der Waals surface area contributed by atoms with Crippen molar-refractivity contribution in [3.8, 4) is 11.5 Å². The molecule has 1 amide bonds. The lowest BCUT2D eigenvalue weighted by Crippen LogP contribution is -2.32. The van der Waals surface area contributed by atoms with E-state index in [9.17, 15) is 9.90 Å². The first-order chi connectivity index (χ1) is 10.5. The van der Waals surface area contributed by atoms with Gasteiger partial charge in [0.1, 0.15) is 18.1 Å². The molecule has 1 aliphatic heterocycles. The molecule has 6 heteroatoms. The maximum absolute atomic E-state index is 12.6. The number of rotatable bonds is 2. The third-order valence-corrected chi connectivity index (χ3v) is 3.70. The number of hydrogen-bond donors (Lipinski definition) is 1. The number of fused-ring (bicyclic) bond motifs is 1. The Labute approximate surface area is 128 Å². The first kappa shape index (κ1) is 14.4. The van der Waals surface area contributed by atoms with Gasteiger partial charge in [-0.3, -0.25) is 9.48 Å². The Kier molecular flexibility index (Phi) is 3.75. The molecule has 3 rings (SSSR count). The molecule has 2 heterocycles. The van der Waals surface area contributed by atoms with E-state index >= 15 is 0 Å². The molecule has 1 aromatic carbocycles. The lowest BCUT2D eigenvalue weighted by molar-refractivity contribution is 0.0733. The number of phenolic OH excluding ortho intramolecular Hbond substituents is 1. The van der Waals surface area contributed by atoms with Crippen LogP contribution < -0.4 is 4.74 Å². The predicted octanol–water partition coefficient (Wildman–Crippen LogP) is 2.20. The number of nitrogens with zero attached hydrogens (tertiary/aromatic N) is 3. The zero-order valence-electron chi connectivity index (χ0n) is 12.7. The predicted molar refractivity (Wildman–Crippen MR) is 81.0 cm³/mol. The summed E-state index contributed by atoms with van der Waals surface area (Å²) in [5.74, 6) is 0.737. The van der Waals surface area contributed by atoms with E-state index in [1.54, 1.807) is 40.2 Å². The number of carbonyl (C=O) groups excluding carboxylic acids is 1. The molecule has 1 aromatic heterocycles. The molecule has 0 aliphatic carbocycles.